The van der Waals surface area contributed by atoms with Crippen LogP contribution >= 0.6 is 0 Å². The maximum absolute atomic E-state index is 9.88. The molecule has 0 aliphatic carbocycles. The van der Waals surface area contributed by atoms with E-state index >= 15 is 0 Å². The number of hydrogen-bond acceptors (Lipinski definition) is 3. The molecule has 0 unspecified atom stereocenters. The molecule has 1 N–H and O–H groups in total. The monoisotopic (exact) mass is 170 g/mol. The van der Waals surface area contributed by atoms with Crippen LogP contribution in [-0.4, -0.2) is 34.6 Å². The predicted octanol–water partition coefficient (Wildman–Crippen LogP) is 0.456. The molecule has 5 atom stereocenters. The molecule has 0 aromatic carbocycles. The lowest BCUT2D eigenvalue weighted by Crippen LogP contribution is -2.64. The van der Waals surface area contributed by atoms with Gasteiger partial charge in [0.2, 0.25) is 0 Å². The van der Waals surface area contributed by atoms with Gasteiger partial charge in [-0.3, -0.25) is 0 Å². The summed E-state index contributed by atoms with van der Waals surface area (Å²) in [6.07, 6.45) is 1.68. The van der Waals surface area contributed by atoms with E-state index in [2.05, 4.69) is 6.92 Å². The highest BCUT2D eigenvalue weighted by molar-refractivity contribution is 5.19. The topological polar surface area (TPSA) is 38.7 Å². The lowest BCUT2D eigenvalue weighted by molar-refractivity contribution is -0.296. The van der Waals surface area contributed by atoms with Crippen molar-refractivity contribution in [3.8, 4) is 0 Å². The second-order valence-corrected chi connectivity index (χ2v) is 4.63. The Morgan fingerprint density at radius 3 is 2.83 bits per heavy atom. The summed E-state index contributed by atoms with van der Waals surface area (Å²) >= 11 is 0. The smallest absolute Gasteiger partial charge is 0.121 e. The highest BCUT2D eigenvalue weighted by atomic mass is 16.7. The van der Waals surface area contributed by atoms with Crippen LogP contribution in [0, 0.1) is 0 Å². The first kappa shape index (κ1) is 7.30. The van der Waals surface area contributed by atoms with E-state index in [0.717, 1.165) is 12.8 Å². The van der Waals surface area contributed by atoms with Gasteiger partial charge in [0.15, 0.2) is 0 Å². The molecule has 0 aromatic rings. The minimum absolute atomic E-state index is 0.0741. The lowest BCUT2D eigenvalue weighted by atomic mass is 9.85. The molecule has 2 bridgehead atoms. The fourth-order valence-corrected chi connectivity index (χ4v) is 2.92. The van der Waals surface area contributed by atoms with Crippen molar-refractivity contribution in [2.75, 3.05) is 0 Å². The van der Waals surface area contributed by atoms with Crippen LogP contribution in [0.15, 0.2) is 0 Å². The molecule has 3 aliphatic rings. The quantitative estimate of drug-likeness (QED) is 0.574. The molecular weight excluding hydrogens is 156 g/mol. The number of rotatable bonds is 0. The zero-order valence-electron chi connectivity index (χ0n) is 7.41. The normalized spacial score (nSPS) is 67.8. The first-order valence-electron chi connectivity index (χ1n) is 4.60. The molecule has 3 fully saturated rings. The van der Waals surface area contributed by atoms with Gasteiger partial charge in [-0.1, -0.05) is 0 Å². The van der Waals surface area contributed by atoms with E-state index in [1.807, 2.05) is 6.92 Å². The van der Waals surface area contributed by atoms with Crippen molar-refractivity contribution in [3.63, 3.8) is 0 Å². The molecule has 3 rings (SSSR count). The predicted molar refractivity (Wildman–Crippen MR) is 41.8 cm³/mol. The van der Waals surface area contributed by atoms with Crippen molar-refractivity contribution >= 4 is 0 Å². The number of hydrogen-bond donors (Lipinski definition) is 1. The first-order valence-corrected chi connectivity index (χ1v) is 4.60. The van der Waals surface area contributed by atoms with Crippen molar-refractivity contribution in [3.05, 3.63) is 0 Å². The summed E-state index contributed by atoms with van der Waals surface area (Å²) < 4.78 is 11.4. The van der Waals surface area contributed by atoms with Gasteiger partial charge in [0.1, 0.15) is 17.8 Å². The van der Waals surface area contributed by atoms with Crippen LogP contribution in [0.3, 0.4) is 0 Å². The second-order valence-electron chi connectivity index (χ2n) is 4.63. The van der Waals surface area contributed by atoms with E-state index in [4.69, 9.17) is 9.47 Å². The Bertz CT molecular complexity index is 232. The number of aliphatic hydroxyl groups excluding tert-OH is 1. The molecular formula is C9H14O3. The first-order chi connectivity index (χ1) is 5.56. The SMILES string of the molecule is C[C@@]12O[C@@]3(C)CC[C@@H]1O[C@@H]2[C@H]3O. The molecule has 3 nitrogen and oxygen atoms in total. The molecule has 0 saturated carbocycles. The van der Waals surface area contributed by atoms with Crippen molar-refractivity contribution in [2.24, 2.45) is 0 Å². The highest BCUT2D eigenvalue weighted by Crippen LogP contribution is 2.56. The van der Waals surface area contributed by atoms with E-state index < -0.39 is 6.10 Å². The van der Waals surface area contributed by atoms with Gasteiger partial charge in [0, 0.05) is 0 Å². The molecule has 12 heavy (non-hydrogen) atoms. The van der Waals surface area contributed by atoms with E-state index in [-0.39, 0.29) is 23.4 Å². The Morgan fingerprint density at radius 2 is 2.17 bits per heavy atom. The van der Waals surface area contributed by atoms with Gasteiger partial charge < -0.3 is 14.6 Å². The fraction of sp³-hybridized carbons (Fsp3) is 1.00. The molecule has 0 aromatic heterocycles. The maximum atomic E-state index is 9.88. The molecule has 0 amide bonds. The van der Waals surface area contributed by atoms with E-state index in [0.29, 0.717) is 0 Å². The van der Waals surface area contributed by atoms with Gasteiger partial charge in [-0.15, -0.1) is 0 Å². The van der Waals surface area contributed by atoms with Gasteiger partial charge >= 0.3 is 0 Å². The van der Waals surface area contributed by atoms with Crippen LogP contribution in [0.25, 0.3) is 0 Å². The number of fused-ring (bicyclic) bond motifs is 1. The number of ether oxygens (including phenoxy) is 2. The van der Waals surface area contributed by atoms with Crippen molar-refractivity contribution in [2.45, 2.75) is 56.2 Å². The van der Waals surface area contributed by atoms with E-state index in [1.54, 1.807) is 0 Å². The standard InChI is InChI=1S/C9H14O3/c1-8-4-3-5-9(2,12-8)7(11-5)6(8)10/h5-7,10H,3-4H2,1-2H3/t5-,6+,7+,8-,9+/m0/s1. The Kier molecular flexibility index (Phi) is 1.04. The third-order valence-corrected chi connectivity index (χ3v) is 3.78. The van der Waals surface area contributed by atoms with Gasteiger partial charge in [0.05, 0.1) is 11.7 Å². The summed E-state index contributed by atoms with van der Waals surface area (Å²) in [5.41, 5.74) is -0.529. The summed E-state index contributed by atoms with van der Waals surface area (Å²) in [7, 11) is 0. The minimum atomic E-state index is -0.429. The molecule has 3 heteroatoms. The van der Waals surface area contributed by atoms with E-state index in [1.165, 1.54) is 0 Å². The average Bonchev–Trinajstić information content (AvgIpc) is 2.10. The lowest BCUT2D eigenvalue weighted by Gasteiger charge is -2.50. The van der Waals surface area contributed by atoms with Crippen LogP contribution in [0.1, 0.15) is 26.7 Å². The van der Waals surface area contributed by atoms with Crippen molar-refractivity contribution in [1.82, 2.24) is 0 Å². The number of aliphatic hydroxyl groups is 1. The Labute approximate surface area is 71.7 Å². The Morgan fingerprint density at radius 1 is 1.42 bits per heavy atom. The third-order valence-electron chi connectivity index (χ3n) is 3.78. The van der Waals surface area contributed by atoms with Crippen LogP contribution in [-0.2, 0) is 9.47 Å². The van der Waals surface area contributed by atoms with Crippen LogP contribution < -0.4 is 0 Å². The zero-order valence-corrected chi connectivity index (χ0v) is 7.41. The summed E-state index contributed by atoms with van der Waals surface area (Å²) in [5, 5.41) is 9.88. The van der Waals surface area contributed by atoms with Gasteiger partial charge in [-0.05, 0) is 26.7 Å². The van der Waals surface area contributed by atoms with E-state index in [9.17, 15) is 5.11 Å². The van der Waals surface area contributed by atoms with Crippen LogP contribution in [0.4, 0.5) is 0 Å². The molecule has 0 spiro atoms. The highest BCUT2D eigenvalue weighted by Gasteiger charge is 2.71. The Balaban J connectivity index is 2.06. The van der Waals surface area contributed by atoms with Crippen molar-refractivity contribution in [1.29, 1.82) is 0 Å². The minimum Gasteiger partial charge on any atom is -0.387 e. The molecule has 3 saturated heterocycles. The largest absolute Gasteiger partial charge is 0.387 e. The van der Waals surface area contributed by atoms with Crippen molar-refractivity contribution < 1.29 is 14.6 Å². The maximum Gasteiger partial charge on any atom is 0.121 e. The summed E-state index contributed by atoms with van der Waals surface area (Å²) in [4.78, 5) is 0. The molecule has 3 heterocycles. The summed E-state index contributed by atoms with van der Waals surface area (Å²) in [6.45, 7) is 4.04. The third kappa shape index (κ3) is 0.543. The molecule has 68 valence electrons. The van der Waals surface area contributed by atoms with Crippen LogP contribution in [0.5, 0.6) is 0 Å². The summed E-state index contributed by atoms with van der Waals surface area (Å²) in [6, 6.07) is 0. The zero-order chi connectivity index (χ0) is 8.56. The molecule has 0 radical (unpaired) electrons. The van der Waals surface area contributed by atoms with Gasteiger partial charge in [-0.2, -0.15) is 0 Å². The van der Waals surface area contributed by atoms with Crippen LogP contribution in [0.2, 0.25) is 0 Å². The second kappa shape index (κ2) is 1.72. The average molecular weight is 170 g/mol. The summed E-state index contributed by atoms with van der Waals surface area (Å²) in [5.74, 6) is 0. The molecule has 3 aliphatic heterocycles. The fourth-order valence-electron chi connectivity index (χ4n) is 2.92. The van der Waals surface area contributed by atoms with Gasteiger partial charge in [-0.25, -0.2) is 0 Å². The Hall–Kier alpha value is -0.120. The van der Waals surface area contributed by atoms with Gasteiger partial charge in [0.25, 0.3) is 0 Å².